The second kappa shape index (κ2) is 16.0. The molecule has 0 aliphatic heterocycles. The van der Waals surface area contributed by atoms with Gasteiger partial charge >= 0.3 is 0 Å². The molecule has 1 heterocycles. The number of benzene rings is 11. The van der Waals surface area contributed by atoms with Crippen LogP contribution in [0.2, 0.25) is 0 Å². The number of nitrogens with zero attached hydrogens (tertiary/aromatic N) is 1. The van der Waals surface area contributed by atoms with Crippen LogP contribution in [0, 0.1) is 0 Å². The van der Waals surface area contributed by atoms with Crippen LogP contribution in [0.15, 0.2) is 261 Å². The van der Waals surface area contributed by atoms with Crippen molar-refractivity contribution < 1.29 is 0 Å². The smallest absolute Gasteiger partial charge is 0.0714 e. The van der Waals surface area contributed by atoms with E-state index in [1.807, 2.05) is 11.3 Å². The number of fused-ring (bicyclic) bond motifs is 7. The SMILES string of the molecule is c1ccc(-c2cccc3c2sc2c(N(c4ccc(-c5ccc6ccccc6c5)cc4)c4ccc5c(c4)C(c4ccccc4)(c4ccccc4)c4ccccc4-5)ccc(-c4ccccc4)c23)cc1. The molecule has 314 valence electrons. The van der Waals surface area contributed by atoms with Crippen LogP contribution in [0.5, 0.6) is 0 Å². The van der Waals surface area contributed by atoms with E-state index in [9.17, 15) is 0 Å². The summed E-state index contributed by atoms with van der Waals surface area (Å²) in [7, 11) is 0. The molecule has 0 saturated carbocycles. The van der Waals surface area contributed by atoms with Crippen molar-refractivity contribution in [2.24, 2.45) is 0 Å². The predicted molar refractivity (Wildman–Crippen MR) is 285 cm³/mol. The van der Waals surface area contributed by atoms with Gasteiger partial charge in [-0.2, -0.15) is 0 Å². The first-order valence-corrected chi connectivity index (χ1v) is 23.9. The molecule has 0 unspecified atom stereocenters. The lowest BCUT2D eigenvalue weighted by atomic mass is 9.67. The molecule has 11 aromatic carbocycles. The fourth-order valence-corrected chi connectivity index (χ4v) is 12.3. The maximum atomic E-state index is 2.52. The molecule has 2 heteroatoms. The van der Waals surface area contributed by atoms with E-state index in [0.717, 1.165) is 17.1 Å². The standard InChI is InChI=1S/C65H43NS/c1-5-19-46(20-6-1)54-40-41-61(64-62(54)58-30-17-29-55(63(58)67-64)47-21-7-2-8-22-47)66(52-36-34-45(35-37-52)49-33-32-44-18-13-14-23-48(44)42-49)53-38-39-57-56-28-15-16-31-59(56)65(60(57)43-53,50-24-9-3-10-25-50)51-26-11-4-12-27-51/h1-43H. The summed E-state index contributed by atoms with van der Waals surface area (Å²) < 4.78 is 2.54. The minimum Gasteiger partial charge on any atom is -0.309 e. The predicted octanol–water partition coefficient (Wildman–Crippen LogP) is 18.0. The van der Waals surface area contributed by atoms with E-state index in [1.165, 1.54) is 97.7 Å². The van der Waals surface area contributed by atoms with Crippen LogP contribution in [-0.2, 0) is 5.41 Å². The highest BCUT2D eigenvalue weighted by Gasteiger charge is 2.46. The summed E-state index contributed by atoms with van der Waals surface area (Å²) in [4.78, 5) is 2.52. The van der Waals surface area contributed by atoms with Crippen molar-refractivity contribution in [3.8, 4) is 44.5 Å². The maximum Gasteiger partial charge on any atom is 0.0714 e. The minimum absolute atomic E-state index is 0.537. The first-order chi connectivity index (χ1) is 33.2. The highest BCUT2D eigenvalue weighted by molar-refractivity contribution is 7.27. The van der Waals surface area contributed by atoms with Gasteiger partial charge in [-0.25, -0.2) is 0 Å². The van der Waals surface area contributed by atoms with Crippen LogP contribution in [-0.4, -0.2) is 0 Å². The average molecular weight is 870 g/mol. The summed E-state index contributed by atoms with van der Waals surface area (Å²) in [5, 5.41) is 5.03. The van der Waals surface area contributed by atoms with E-state index in [2.05, 4.69) is 266 Å². The second-order valence-electron chi connectivity index (χ2n) is 17.6. The first kappa shape index (κ1) is 39.1. The molecule has 0 atom stereocenters. The van der Waals surface area contributed by atoms with E-state index < -0.39 is 5.41 Å². The molecule has 0 amide bonds. The van der Waals surface area contributed by atoms with Crippen LogP contribution in [0.4, 0.5) is 17.1 Å². The minimum atomic E-state index is -0.537. The van der Waals surface area contributed by atoms with Crippen LogP contribution in [0.3, 0.4) is 0 Å². The summed E-state index contributed by atoms with van der Waals surface area (Å²) in [6, 6.07) is 96.3. The summed E-state index contributed by atoms with van der Waals surface area (Å²) >= 11 is 1.90. The Morgan fingerprint density at radius 3 is 1.58 bits per heavy atom. The van der Waals surface area contributed by atoms with Gasteiger partial charge in [-0.15, -0.1) is 11.3 Å². The van der Waals surface area contributed by atoms with Crippen molar-refractivity contribution in [3.63, 3.8) is 0 Å². The van der Waals surface area contributed by atoms with E-state index >= 15 is 0 Å². The number of hydrogen-bond acceptors (Lipinski definition) is 2. The quantitative estimate of drug-likeness (QED) is 0.147. The van der Waals surface area contributed by atoms with Crippen LogP contribution >= 0.6 is 11.3 Å². The molecule has 0 N–H and O–H groups in total. The van der Waals surface area contributed by atoms with E-state index in [1.54, 1.807) is 0 Å². The maximum absolute atomic E-state index is 2.52. The molecule has 0 bridgehead atoms. The molecule has 1 aliphatic rings. The molecule has 13 rings (SSSR count). The zero-order valence-electron chi connectivity index (χ0n) is 36.7. The Kier molecular flexibility index (Phi) is 9.33. The van der Waals surface area contributed by atoms with Crippen molar-refractivity contribution in [1.82, 2.24) is 0 Å². The normalized spacial score (nSPS) is 12.6. The van der Waals surface area contributed by atoms with Crippen LogP contribution in [0.1, 0.15) is 22.3 Å². The fraction of sp³-hybridized carbons (Fsp3) is 0.0154. The zero-order chi connectivity index (χ0) is 44.3. The van der Waals surface area contributed by atoms with Crippen molar-refractivity contribution in [1.29, 1.82) is 0 Å². The molecule has 1 aromatic heterocycles. The van der Waals surface area contributed by atoms with Gasteiger partial charge in [0, 0.05) is 26.8 Å². The molecule has 0 fully saturated rings. The van der Waals surface area contributed by atoms with Crippen LogP contribution in [0.25, 0.3) is 75.5 Å². The van der Waals surface area contributed by atoms with Gasteiger partial charge in [0.2, 0.25) is 0 Å². The van der Waals surface area contributed by atoms with Gasteiger partial charge in [0.15, 0.2) is 0 Å². The second-order valence-corrected chi connectivity index (χ2v) is 18.6. The Hall–Kier alpha value is -8.30. The Morgan fingerprint density at radius 2 is 0.866 bits per heavy atom. The molecule has 0 spiro atoms. The summed E-state index contributed by atoms with van der Waals surface area (Å²) in [5.41, 5.74) is 17.7. The molecule has 67 heavy (non-hydrogen) atoms. The van der Waals surface area contributed by atoms with Gasteiger partial charge in [-0.05, 0) is 114 Å². The number of hydrogen-bond donors (Lipinski definition) is 0. The highest BCUT2D eigenvalue weighted by Crippen LogP contribution is 2.58. The monoisotopic (exact) mass is 869 g/mol. The van der Waals surface area contributed by atoms with Gasteiger partial charge < -0.3 is 4.90 Å². The summed E-state index contributed by atoms with van der Waals surface area (Å²) in [6.07, 6.45) is 0. The molecular weight excluding hydrogens is 827 g/mol. The van der Waals surface area contributed by atoms with Crippen molar-refractivity contribution in [3.05, 3.63) is 283 Å². The average Bonchev–Trinajstić information content (AvgIpc) is 3.95. The van der Waals surface area contributed by atoms with E-state index in [0.29, 0.717) is 0 Å². The van der Waals surface area contributed by atoms with Gasteiger partial charge in [0.1, 0.15) is 0 Å². The first-order valence-electron chi connectivity index (χ1n) is 23.1. The van der Waals surface area contributed by atoms with Gasteiger partial charge in [-0.1, -0.05) is 224 Å². The molecular formula is C65H43NS. The van der Waals surface area contributed by atoms with Gasteiger partial charge in [0.05, 0.1) is 15.8 Å². The van der Waals surface area contributed by atoms with Gasteiger partial charge in [0.25, 0.3) is 0 Å². The third kappa shape index (κ3) is 6.29. The van der Waals surface area contributed by atoms with E-state index in [4.69, 9.17) is 0 Å². The number of anilines is 3. The summed E-state index contributed by atoms with van der Waals surface area (Å²) in [5.74, 6) is 0. The van der Waals surface area contributed by atoms with Crippen LogP contribution < -0.4 is 4.90 Å². The lowest BCUT2D eigenvalue weighted by molar-refractivity contribution is 0.768. The lowest BCUT2D eigenvalue weighted by Crippen LogP contribution is -2.28. The van der Waals surface area contributed by atoms with Crippen molar-refractivity contribution in [2.45, 2.75) is 5.41 Å². The van der Waals surface area contributed by atoms with E-state index in [-0.39, 0.29) is 0 Å². The Labute approximate surface area is 395 Å². The third-order valence-electron chi connectivity index (χ3n) is 13.9. The Morgan fingerprint density at radius 1 is 0.313 bits per heavy atom. The largest absolute Gasteiger partial charge is 0.309 e. The van der Waals surface area contributed by atoms with Gasteiger partial charge in [-0.3, -0.25) is 0 Å². The molecule has 12 aromatic rings. The fourth-order valence-electron chi connectivity index (χ4n) is 10.9. The van der Waals surface area contributed by atoms with Crippen molar-refractivity contribution >= 4 is 59.3 Å². The van der Waals surface area contributed by atoms with Crippen molar-refractivity contribution in [2.75, 3.05) is 4.90 Å². The third-order valence-corrected chi connectivity index (χ3v) is 15.2. The number of rotatable bonds is 8. The topological polar surface area (TPSA) is 3.24 Å². The highest BCUT2D eigenvalue weighted by atomic mass is 32.1. The molecule has 1 aliphatic carbocycles. The molecule has 0 saturated heterocycles. The Balaban J connectivity index is 1.09. The summed E-state index contributed by atoms with van der Waals surface area (Å²) in [6.45, 7) is 0. The molecule has 1 nitrogen and oxygen atoms in total. The Bertz CT molecular complexity index is 3740. The number of thiophene rings is 1. The zero-order valence-corrected chi connectivity index (χ0v) is 37.5. The molecule has 0 radical (unpaired) electrons. The lowest BCUT2D eigenvalue weighted by Gasteiger charge is -2.35.